The van der Waals surface area contributed by atoms with E-state index >= 15 is 0 Å². The van der Waals surface area contributed by atoms with Crippen LogP contribution in [-0.4, -0.2) is 17.5 Å². The molecule has 6 heteroatoms. The largest absolute Gasteiger partial charge is 0.494 e. The molecule has 140 valence electrons. The number of amides is 1. The molecule has 1 amide bonds. The highest BCUT2D eigenvalue weighted by Crippen LogP contribution is 2.31. The van der Waals surface area contributed by atoms with Crippen molar-refractivity contribution in [2.24, 2.45) is 0 Å². The van der Waals surface area contributed by atoms with E-state index in [0.717, 1.165) is 21.9 Å². The van der Waals surface area contributed by atoms with Gasteiger partial charge in [-0.1, -0.05) is 41.4 Å². The highest BCUT2D eigenvalue weighted by atomic mass is 35.5. The summed E-state index contributed by atoms with van der Waals surface area (Å²) in [6.45, 7) is 4.53. The van der Waals surface area contributed by atoms with Gasteiger partial charge in [0.05, 0.1) is 12.3 Å². The zero-order valence-corrected chi connectivity index (χ0v) is 16.9. The van der Waals surface area contributed by atoms with Gasteiger partial charge in [0.25, 0.3) is 0 Å². The van der Waals surface area contributed by atoms with Crippen LogP contribution >= 0.6 is 22.9 Å². The summed E-state index contributed by atoms with van der Waals surface area (Å²) >= 11 is 7.41. The van der Waals surface area contributed by atoms with E-state index in [4.69, 9.17) is 16.3 Å². The van der Waals surface area contributed by atoms with E-state index in [1.54, 1.807) is 0 Å². The van der Waals surface area contributed by atoms with Gasteiger partial charge in [-0.15, -0.1) is 11.3 Å². The maximum absolute atomic E-state index is 12.2. The van der Waals surface area contributed by atoms with Crippen molar-refractivity contribution < 1.29 is 9.53 Å². The van der Waals surface area contributed by atoms with E-state index in [9.17, 15) is 4.79 Å². The Bertz CT molecular complexity index is 905. The van der Waals surface area contributed by atoms with Crippen molar-refractivity contribution in [3.05, 3.63) is 64.0 Å². The molecule has 0 fully saturated rings. The molecule has 0 unspecified atom stereocenters. The average molecular weight is 401 g/mol. The minimum Gasteiger partial charge on any atom is -0.494 e. The molecular formula is C21H21ClN2O2S. The number of carbonyl (C=O) groups excluding carboxylic acids is 1. The van der Waals surface area contributed by atoms with Crippen LogP contribution in [0.5, 0.6) is 5.75 Å². The van der Waals surface area contributed by atoms with Crippen LogP contribution in [0.15, 0.2) is 48.5 Å². The average Bonchev–Trinajstić information content (AvgIpc) is 3.01. The number of benzene rings is 2. The Hall–Kier alpha value is -2.37. The Kier molecular flexibility index (Phi) is 6.48. The fourth-order valence-corrected chi connectivity index (χ4v) is 3.54. The number of hydrogen-bond acceptors (Lipinski definition) is 4. The number of carbonyl (C=O) groups is 1. The van der Waals surface area contributed by atoms with Crippen LogP contribution in [-0.2, 0) is 4.79 Å². The third-order valence-corrected chi connectivity index (χ3v) is 5.14. The Balaban J connectivity index is 1.48. The van der Waals surface area contributed by atoms with Crippen molar-refractivity contribution in [1.29, 1.82) is 0 Å². The SMILES string of the molecule is Cc1ccc(OCCCC(=O)Nc2nc(-c3ccc(Cl)cc3)c(C)s2)cc1. The fourth-order valence-electron chi connectivity index (χ4n) is 2.56. The molecule has 1 N–H and O–H groups in total. The van der Waals surface area contributed by atoms with Gasteiger partial charge in [0.1, 0.15) is 5.75 Å². The van der Waals surface area contributed by atoms with Crippen LogP contribution < -0.4 is 10.1 Å². The highest BCUT2D eigenvalue weighted by Gasteiger charge is 2.12. The quantitative estimate of drug-likeness (QED) is 0.504. The summed E-state index contributed by atoms with van der Waals surface area (Å²) in [4.78, 5) is 17.7. The standard InChI is InChI=1S/C21H21ClN2O2S/c1-14-5-11-18(12-6-14)26-13-3-4-19(25)23-21-24-20(15(2)27-21)16-7-9-17(22)10-8-16/h5-12H,3-4,13H2,1-2H3,(H,23,24,25). The fraction of sp³-hybridized carbons (Fsp3) is 0.238. The lowest BCUT2D eigenvalue weighted by atomic mass is 10.1. The summed E-state index contributed by atoms with van der Waals surface area (Å²) in [5.41, 5.74) is 3.05. The number of ether oxygens (including phenoxy) is 1. The van der Waals surface area contributed by atoms with Crippen molar-refractivity contribution in [3.8, 4) is 17.0 Å². The van der Waals surface area contributed by atoms with Crippen molar-refractivity contribution >= 4 is 34.0 Å². The zero-order valence-electron chi connectivity index (χ0n) is 15.3. The second kappa shape index (κ2) is 9.02. The number of nitrogens with zero attached hydrogens (tertiary/aromatic N) is 1. The van der Waals surface area contributed by atoms with E-state index in [0.29, 0.717) is 29.6 Å². The van der Waals surface area contributed by atoms with Crippen LogP contribution in [0.3, 0.4) is 0 Å². The highest BCUT2D eigenvalue weighted by molar-refractivity contribution is 7.16. The Morgan fingerprint density at radius 2 is 1.81 bits per heavy atom. The van der Waals surface area contributed by atoms with Gasteiger partial charge in [-0.2, -0.15) is 0 Å². The second-order valence-electron chi connectivity index (χ2n) is 6.24. The molecular weight excluding hydrogens is 380 g/mol. The lowest BCUT2D eigenvalue weighted by Gasteiger charge is -2.06. The normalized spacial score (nSPS) is 10.6. The van der Waals surface area contributed by atoms with Crippen molar-refractivity contribution in [1.82, 2.24) is 4.98 Å². The van der Waals surface area contributed by atoms with Gasteiger partial charge >= 0.3 is 0 Å². The summed E-state index contributed by atoms with van der Waals surface area (Å²) in [7, 11) is 0. The molecule has 3 rings (SSSR count). The molecule has 0 saturated heterocycles. The topological polar surface area (TPSA) is 51.2 Å². The molecule has 0 saturated carbocycles. The van der Waals surface area contributed by atoms with Crippen LogP contribution in [0.1, 0.15) is 23.3 Å². The molecule has 0 spiro atoms. The Morgan fingerprint density at radius 3 is 2.52 bits per heavy atom. The van der Waals surface area contributed by atoms with Gasteiger partial charge < -0.3 is 10.1 Å². The molecule has 4 nitrogen and oxygen atoms in total. The molecule has 3 aromatic rings. The number of rotatable bonds is 7. The minimum absolute atomic E-state index is 0.0566. The van der Waals surface area contributed by atoms with Gasteiger partial charge in [-0.05, 0) is 44.5 Å². The number of halogens is 1. The lowest BCUT2D eigenvalue weighted by Crippen LogP contribution is -2.12. The van der Waals surface area contributed by atoms with Crippen molar-refractivity contribution in [2.45, 2.75) is 26.7 Å². The molecule has 1 heterocycles. The van der Waals surface area contributed by atoms with E-state index in [1.165, 1.54) is 16.9 Å². The molecule has 0 bridgehead atoms. The monoisotopic (exact) mass is 400 g/mol. The number of aromatic nitrogens is 1. The summed E-state index contributed by atoms with van der Waals surface area (Å²) in [5.74, 6) is 0.767. The molecule has 0 aliphatic heterocycles. The first-order valence-electron chi connectivity index (χ1n) is 8.74. The minimum atomic E-state index is -0.0566. The van der Waals surface area contributed by atoms with E-state index < -0.39 is 0 Å². The number of aryl methyl sites for hydroxylation is 2. The van der Waals surface area contributed by atoms with Gasteiger partial charge in [0, 0.05) is 21.9 Å². The Morgan fingerprint density at radius 1 is 1.11 bits per heavy atom. The zero-order chi connectivity index (χ0) is 19.2. The van der Waals surface area contributed by atoms with E-state index in [2.05, 4.69) is 10.3 Å². The molecule has 0 radical (unpaired) electrons. The lowest BCUT2D eigenvalue weighted by molar-refractivity contribution is -0.116. The second-order valence-corrected chi connectivity index (χ2v) is 7.88. The van der Waals surface area contributed by atoms with Crippen LogP contribution in [0.2, 0.25) is 5.02 Å². The molecule has 1 aromatic heterocycles. The molecule has 27 heavy (non-hydrogen) atoms. The maximum atomic E-state index is 12.2. The van der Waals surface area contributed by atoms with Gasteiger partial charge in [-0.3, -0.25) is 4.79 Å². The van der Waals surface area contributed by atoms with Crippen LogP contribution in [0.4, 0.5) is 5.13 Å². The summed E-state index contributed by atoms with van der Waals surface area (Å²) < 4.78 is 5.65. The first-order chi connectivity index (χ1) is 13.0. The Labute approximate surface area is 168 Å². The smallest absolute Gasteiger partial charge is 0.226 e. The van der Waals surface area contributed by atoms with Gasteiger partial charge in [0.15, 0.2) is 5.13 Å². The number of nitrogens with one attached hydrogen (secondary N) is 1. The summed E-state index contributed by atoms with van der Waals surface area (Å²) in [6.07, 6.45) is 1.04. The number of anilines is 1. The van der Waals surface area contributed by atoms with Gasteiger partial charge in [0.2, 0.25) is 5.91 Å². The number of hydrogen-bond donors (Lipinski definition) is 1. The molecule has 2 aromatic carbocycles. The van der Waals surface area contributed by atoms with E-state index in [1.807, 2.05) is 62.4 Å². The maximum Gasteiger partial charge on any atom is 0.226 e. The number of thiazole rings is 1. The summed E-state index contributed by atoms with van der Waals surface area (Å²) in [6, 6.07) is 15.4. The van der Waals surface area contributed by atoms with Crippen LogP contribution in [0, 0.1) is 13.8 Å². The first-order valence-corrected chi connectivity index (χ1v) is 9.93. The predicted octanol–water partition coefficient (Wildman–Crippen LogP) is 5.88. The van der Waals surface area contributed by atoms with Crippen LogP contribution in [0.25, 0.3) is 11.3 Å². The third kappa shape index (κ3) is 5.55. The molecule has 0 aliphatic carbocycles. The predicted molar refractivity (Wildman–Crippen MR) is 112 cm³/mol. The molecule has 0 atom stereocenters. The third-order valence-electron chi connectivity index (χ3n) is 4.00. The van der Waals surface area contributed by atoms with E-state index in [-0.39, 0.29) is 5.91 Å². The van der Waals surface area contributed by atoms with Crippen molar-refractivity contribution in [3.63, 3.8) is 0 Å². The van der Waals surface area contributed by atoms with Gasteiger partial charge in [-0.25, -0.2) is 4.98 Å². The summed E-state index contributed by atoms with van der Waals surface area (Å²) in [5, 5.41) is 4.18. The first kappa shape index (κ1) is 19.4. The molecule has 0 aliphatic rings. The van der Waals surface area contributed by atoms with Crippen molar-refractivity contribution in [2.75, 3.05) is 11.9 Å².